The van der Waals surface area contributed by atoms with Crippen LogP contribution in [-0.2, 0) is 9.59 Å². The van der Waals surface area contributed by atoms with Crippen LogP contribution in [0.1, 0.15) is 6.42 Å². The summed E-state index contributed by atoms with van der Waals surface area (Å²) in [7, 11) is 0. The average Bonchev–Trinajstić information content (AvgIpc) is 2.44. The molecule has 2 amide bonds. The van der Waals surface area contributed by atoms with E-state index in [2.05, 4.69) is 10.6 Å². The van der Waals surface area contributed by atoms with Crippen molar-refractivity contribution < 1.29 is 14.0 Å². The van der Waals surface area contributed by atoms with Crippen LogP contribution in [0.4, 0.5) is 10.1 Å². The molecule has 1 rings (SSSR count). The monoisotopic (exact) mass is 299 g/mol. The smallest absolute Gasteiger partial charge is 0.234 e. The van der Waals surface area contributed by atoms with Crippen LogP contribution in [0.2, 0.25) is 0 Å². The summed E-state index contributed by atoms with van der Waals surface area (Å²) in [4.78, 5) is 22.8. The number of anilines is 1. The summed E-state index contributed by atoms with van der Waals surface area (Å²) in [6.45, 7) is 0.882. The first-order valence-corrected chi connectivity index (χ1v) is 7.37. The van der Waals surface area contributed by atoms with E-state index < -0.39 is 0 Å². The van der Waals surface area contributed by atoms with Gasteiger partial charge >= 0.3 is 0 Å². The first-order chi connectivity index (χ1) is 9.61. The summed E-state index contributed by atoms with van der Waals surface area (Å²) in [5, 5.41) is 5.30. The highest BCUT2D eigenvalue weighted by molar-refractivity contribution is 7.99. The van der Waals surface area contributed by atoms with Crippen LogP contribution in [-0.4, -0.2) is 36.4 Å². The number of halogens is 1. The van der Waals surface area contributed by atoms with Crippen molar-refractivity contribution in [1.29, 1.82) is 0 Å². The second kappa shape index (κ2) is 9.33. The number of hydrogen-bond donors (Lipinski definition) is 3. The molecule has 0 spiro atoms. The van der Waals surface area contributed by atoms with Gasteiger partial charge in [0.1, 0.15) is 5.82 Å². The molecule has 0 radical (unpaired) electrons. The molecule has 0 fully saturated rings. The Bertz CT molecular complexity index is 440. The number of carbonyl (C=O) groups is 2. The van der Waals surface area contributed by atoms with E-state index in [1.807, 2.05) is 0 Å². The quantitative estimate of drug-likeness (QED) is 0.624. The highest BCUT2D eigenvalue weighted by atomic mass is 32.2. The van der Waals surface area contributed by atoms with Gasteiger partial charge in [-0.15, -0.1) is 0 Å². The minimum absolute atomic E-state index is 0.0677. The number of carbonyl (C=O) groups excluding carboxylic acids is 2. The van der Waals surface area contributed by atoms with Crippen LogP contribution < -0.4 is 16.4 Å². The Morgan fingerprint density at radius 2 is 1.90 bits per heavy atom. The van der Waals surface area contributed by atoms with Crippen LogP contribution >= 0.6 is 11.8 Å². The summed E-state index contributed by atoms with van der Waals surface area (Å²) < 4.78 is 12.7. The topological polar surface area (TPSA) is 84.2 Å². The zero-order chi connectivity index (χ0) is 14.8. The van der Waals surface area contributed by atoms with Gasteiger partial charge in [-0.1, -0.05) is 0 Å². The molecule has 20 heavy (non-hydrogen) atoms. The van der Waals surface area contributed by atoms with Crippen molar-refractivity contribution in [2.45, 2.75) is 6.42 Å². The van der Waals surface area contributed by atoms with Gasteiger partial charge in [-0.3, -0.25) is 9.59 Å². The lowest BCUT2D eigenvalue weighted by atomic mass is 10.3. The molecule has 0 saturated carbocycles. The maximum Gasteiger partial charge on any atom is 0.234 e. The van der Waals surface area contributed by atoms with Gasteiger partial charge in [0.2, 0.25) is 11.8 Å². The SMILES string of the molecule is NCCNC(=O)CCSCC(=O)Nc1ccc(F)cc1. The zero-order valence-electron chi connectivity index (χ0n) is 11.0. The number of hydrogen-bond acceptors (Lipinski definition) is 4. The lowest BCUT2D eigenvalue weighted by Gasteiger charge is -2.05. The third-order valence-corrected chi connectivity index (χ3v) is 3.26. The largest absolute Gasteiger partial charge is 0.355 e. The molecule has 0 atom stereocenters. The Kier molecular flexibility index (Phi) is 7.67. The zero-order valence-corrected chi connectivity index (χ0v) is 11.8. The van der Waals surface area contributed by atoms with Crippen molar-refractivity contribution in [1.82, 2.24) is 5.32 Å². The fourth-order valence-corrected chi connectivity index (χ4v) is 2.09. The molecule has 1 aromatic carbocycles. The molecule has 0 aromatic heterocycles. The van der Waals surface area contributed by atoms with Crippen LogP contribution in [0, 0.1) is 5.82 Å². The minimum Gasteiger partial charge on any atom is -0.355 e. The van der Waals surface area contributed by atoms with Crippen LogP contribution in [0.3, 0.4) is 0 Å². The average molecular weight is 299 g/mol. The summed E-state index contributed by atoms with van der Waals surface area (Å²) in [5.41, 5.74) is 5.81. The van der Waals surface area contributed by atoms with Gasteiger partial charge < -0.3 is 16.4 Å². The van der Waals surface area contributed by atoms with E-state index in [0.717, 1.165) is 0 Å². The lowest BCUT2D eigenvalue weighted by molar-refractivity contribution is -0.120. The summed E-state index contributed by atoms with van der Waals surface area (Å²) in [5.74, 6) is 0.223. The number of amides is 2. The second-order valence-corrected chi connectivity index (χ2v) is 5.10. The lowest BCUT2D eigenvalue weighted by Crippen LogP contribution is -2.29. The Morgan fingerprint density at radius 1 is 1.20 bits per heavy atom. The van der Waals surface area contributed by atoms with E-state index in [0.29, 0.717) is 31.0 Å². The van der Waals surface area contributed by atoms with Crippen molar-refractivity contribution in [3.63, 3.8) is 0 Å². The van der Waals surface area contributed by atoms with Gasteiger partial charge in [0.25, 0.3) is 0 Å². The van der Waals surface area contributed by atoms with E-state index in [1.165, 1.54) is 36.0 Å². The molecule has 0 aliphatic carbocycles. The number of thioether (sulfide) groups is 1. The van der Waals surface area contributed by atoms with Crippen LogP contribution in [0.25, 0.3) is 0 Å². The maximum absolute atomic E-state index is 12.7. The van der Waals surface area contributed by atoms with E-state index in [9.17, 15) is 14.0 Å². The normalized spacial score (nSPS) is 10.1. The van der Waals surface area contributed by atoms with E-state index in [-0.39, 0.29) is 23.4 Å². The van der Waals surface area contributed by atoms with Gasteiger partial charge in [-0.05, 0) is 24.3 Å². The first-order valence-electron chi connectivity index (χ1n) is 6.21. The second-order valence-electron chi connectivity index (χ2n) is 4.00. The van der Waals surface area contributed by atoms with Gasteiger partial charge in [-0.2, -0.15) is 11.8 Å². The van der Waals surface area contributed by atoms with Gasteiger partial charge in [-0.25, -0.2) is 4.39 Å². The maximum atomic E-state index is 12.7. The Morgan fingerprint density at radius 3 is 2.55 bits per heavy atom. The van der Waals surface area contributed by atoms with Crippen molar-refractivity contribution >= 4 is 29.3 Å². The Hall–Kier alpha value is -1.60. The number of benzene rings is 1. The highest BCUT2D eigenvalue weighted by Gasteiger charge is 2.04. The molecule has 0 aliphatic rings. The van der Waals surface area contributed by atoms with Crippen LogP contribution in [0.5, 0.6) is 0 Å². The molecule has 0 saturated heterocycles. The molecular weight excluding hydrogens is 281 g/mol. The Balaban J connectivity index is 2.14. The molecule has 7 heteroatoms. The van der Waals surface area contributed by atoms with Crippen molar-refractivity contribution in [3.05, 3.63) is 30.1 Å². The molecular formula is C13H18FN3O2S. The molecule has 4 N–H and O–H groups in total. The summed E-state index contributed by atoms with van der Waals surface area (Å²) >= 11 is 1.37. The first kappa shape index (κ1) is 16.5. The Labute approximate surface area is 121 Å². The van der Waals surface area contributed by atoms with Gasteiger partial charge in [0, 0.05) is 31.0 Å². The van der Waals surface area contributed by atoms with Gasteiger partial charge in [0.05, 0.1) is 5.75 Å². The van der Waals surface area contributed by atoms with Crippen molar-refractivity contribution in [2.24, 2.45) is 5.73 Å². The number of nitrogens with one attached hydrogen (secondary N) is 2. The predicted molar refractivity (Wildman–Crippen MR) is 79.0 cm³/mol. The molecule has 0 aliphatic heterocycles. The van der Waals surface area contributed by atoms with E-state index >= 15 is 0 Å². The number of rotatable bonds is 8. The van der Waals surface area contributed by atoms with E-state index in [4.69, 9.17) is 5.73 Å². The predicted octanol–water partition coefficient (Wildman–Crippen LogP) is 0.962. The van der Waals surface area contributed by atoms with E-state index in [1.54, 1.807) is 0 Å². The fourth-order valence-electron chi connectivity index (χ4n) is 1.36. The van der Waals surface area contributed by atoms with Crippen LogP contribution in [0.15, 0.2) is 24.3 Å². The van der Waals surface area contributed by atoms with Gasteiger partial charge in [0.15, 0.2) is 0 Å². The van der Waals surface area contributed by atoms with Crippen molar-refractivity contribution in [2.75, 3.05) is 29.9 Å². The standard InChI is InChI=1S/C13H18FN3O2S/c14-10-1-3-11(4-2-10)17-13(19)9-20-8-5-12(18)16-7-6-15/h1-4H,5-9,15H2,(H,16,18)(H,17,19). The number of nitrogens with two attached hydrogens (primary N) is 1. The fraction of sp³-hybridized carbons (Fsp3) is 0.385. The molecule has 0 bridgehead atoms. The third kappa shape index (κ3) is 7.10. The molecule has 110 valence electrons. The minimum atomic E-state index is -0.346. The molecule has 0 heterocycles. The van der Waals surface area contributed by atoms with Crippen molar-refractivity contribution in [3.8, 4) is 0 Å². The summed E-state index contributed by atoms with van der Waals surface area (Å²) in [6, 6.07) is 5.56. The molecule has 0 unspecified atom stereocenters. The third-order valence-electron chi connectivity index (χ3n) is 2.30. The molecule has 1 aromatic rings. The summed E-state index contributed by atoms with van der Waals surface area (Å²) in [6.07, 6.45) is 0.356. The highest BCUT2D eigenvalue weighted by Crippen LogP contribution is 2.09. The molecule has 5 nitrogen and oxygen atoms in total.